The molecule has 13 heteroatoms. The predicted molar refractivity (Wildman–Crippen MR) is 139 cm³/mol. The van der Waals surface area contributed by atoms with E-state index in [-0.39, 0.29) is 38.8 Å². The van der Waals surface area contributed by atoms with Crippen molar-refractivity contribution in [2.24, 2.45) is 0 Å². The van der Waals surface area contributed by atoms with Crippen molar-refractivity contribution in [1.82, 2.24) is 29.5 Å². The minimum Gasteiger partial charge on any atom is -0.481 e. The molecule has 0 radical (unpaired) electrons. The zero-order chi connectivity index (χ0) is 26.1. The number of hydrogen-bond acceptors (Lipinski definition) is 9. The van der Waals surface area contributed by atoms with E-state index < -0.39 is 5.69 Å². The second-order valence-electron chi connectivity index (χ2n) is 7.62. The zero-order valence-electron chi connectivity index (χ0n) is 19.4. The number of para-hydroxylation sites is 1. The second-order valence-corrected chi connectivity index (χ2v) is 8.44. The Kier molecular flexibility index (Phi) is 6.47. The van der Waals surface area contributed by atoms with Gasteiger partial charge in [0.2, 0.25) is 11.8 Å². The van der Waals surface area contributed by atoms with Gasteiger partial charge in [-0.05, 0) is 24.3 Å². The van der Waals surface area contributed by atoms with Crippen molar-refractivity contribution in [1.29, 1.82) is 5.41 Å². The number of hydrogen-bond donors (Lipinski definition) is 3. The molecule has 0 aliphatic carbocycles. The number of ether oxygens (including phenoxy) is 2. The van der Waals surface area contributed by atoms with Gasteiger partial charge >= 0.3 is 11.7 Å². The second kappa shape index (κ2) is 9.88. The Labute approximate surface area is 219 Å². The molecule has 0 fully saturated rings. The lowest BCUT2D eigenvalue weighted by Gasteiger charge is -2.12. The lowest BCUT2D eigenvalue weighted by atomic mass is 10.1. The van der Waals surface area contributed by atoms with Gasteiger partial charge in [0.15, 0.2) is 5.65 Å². The van der Waals surface area contributed by atoms with Gasteiger partial charge in [-0.25, -0.2) is 14.3 Å². The molecule has 0 aliphatic heterocycles. The number of aromatic amines is 1. The molecule has 0 amide bonds. The molecule has 3 N–H and O–H groups in total. The van der Waals surface area contributed by atoms with Gasteiger partial charge in [0, 0.05) is 23.5 Å². The van der Waals surface area contributed by atoms with Crippen molar-refractivity contribution < 1.29 is 9.47 Å². The first-order valence-electron chi connectivity index (χ1n) is 10.7. The Bertz CT molecular complexity index is 1710. The van der Waals surface area contributed by atoms with Gasteiger partial charge in [-0.2, -0.15) is 15.0 Å². The van der Waals surface area contributed by atoms with Crippen LogP contribution in [0.3, 0.4) is 0 Å². The largest absolute Gasteiger partial charge is 0.481 e. The maximum atomic E-state index is 12.9. The third-order valence-electron chi connectivity index (χ3n) is 5.37. The van der Waals surface area contributed by atoms with E-state index in [9.17, 15) is 4.79 Å². The summed E-state index contributed by atoms with van der Waals surface area (Å²) in [6.45, 7) is 0. The summed E-state index contributed by atoms with van der Waals surface area (Å²) in [7, 11) is 3.00. The SMILES string of the molecule is COc1cc(-c2ccc(Nc3ncc4c(=N)n(-c5c(Cl)cccc5Cl)c(=O)[nH]c4n3)cc2)nc(OC)n1. The van der Waals surface area contributed by atoms with Gasteiger partial charge in [0.05, 0.1) is 41.0 Å². The maximum Gasteiger partial charge on any atom is 0.333 e. The fourth-order valence-corrected chi connectivity index (χ4v) is 4.17. The smallest absolute Gasteiger partial charge is 0.333 e. The standard InChI is InChI=1S/C24H18Cl2N8O3/c1-36-18-10-17(30-23(31-18)37-2)12-6-8-13(9-7-12)29-22-28-11-14-20(27)34(24(35)33-21(14)32-22)19-15(25)4-3-5-16(19)26/h3-11,27H,1-2H3,(H2,28,29,32,33,35). The van der Waals surface area contributed by atoms with E-state index in [1.165, 1.54) is 20.4 Å². The van der Waals surface area contributed by atoms with Crippen LogP contribution in [0.25, 0.3) is 28.0 Å². The normalized spacial score (nSPS) is 10.9. The molecule has 11 nitrogen and oxygen atoms in total. The molecule has 3 heterocycles. The van der Waals surface area contributed by atoms with E-state index >= 15 is 0 Å². The summed E-state index contributed by atoms with van der Waals surface area (Å²) in [6.07, 6.45) is 1.44. The number of halogens is 2. The van der Waals surface area contributed by atoms with E-state index in [1.54, 1.807) is 24.3 Å². The van der Waals surface area contributed by atoms with E-state index in [2.05, 4.69) is 30.2 Å². The number of anilines is 2. The summed E-state index contributed by atoms with van der Waals surface area (Å²) in [5.74, 6) is 0.615. The number of rotatable bonds is 6. The molecule has 0 atom stereocenters. The van der Waals surface area contributed by atoms with Crippen LogP contribution in [0, 0.1) is 5.41 Å². The van der Waals surface area contributed by atoms with Crippen LogP contribution in [-0.2, 0) is 0 Å². The average Bonchev–Trinajstić information content (AvgIpc) is 2.90. The molecular weight excluding hydrogens is 519 g/mol. The molecule has 37 heavy (non-hydrogen) atoms. The first-order chi connectivity index (χ1) is 17.9. The average molecular weight is 537 g/mol. The third kappa shape index (κ3) is 4.69. The first-order valence-corrected chi connectivity index (χ1v) is 11.5. The number of nitrogens with one attached hydrogen (secondary N) is 3. The molecule has 0 spiro atoms. The monoisotopic (exact) mass is 536 g/mol. The van der Waals surface area contributed by atoms with E-state index in [0.717, 1.165) is 10.1 Å². The number of H-pyrrole nitrogens is 1. The number of benzene rings is 2. The maximum absolute atomic E-state index is 12.9. The summed E-state index contributed by atoms with van der Waals surface area (Å²) < 4.78 is 11.4. The molecule has 0 saturated carbocycles. The topological polar surface area (TPSA) is 144 Å². The minimum atomic E-state index is -0.614. The number of fused-ring (bicyclic) bond motifs is 1. The van der Waals surface area contributed by atoms with Crippen molar-refractivity contribution in [2.45, 2.75) is 0 Å². The quantitative estimate of drug-likeness (QED) is 0.294. The van der Waals surface area contributed by atoms with Crippen molar-refractivity contribution in [3.8, 4) is 28.8 Å². The lowest BCUT2D eigenvalue weighted by molar-refractivity contribution is 0.353. The molecule has 186 valence electrons. The van der Waals surface area contributed by atoms with Crippen molar-refractivity contribution in [3.05, 3.63) is 80.7 Å². The Hall–Kier alpha value is -4.48. The van der Waals surface area contributed by atoms with Crippen LogP contribution >= 0.6 is 23.2 Å². The summed E-state index contributed by atoms with van der Waals surface area (Å²) in [5, 5.41) is 12.4. The van der Waals surface area contributed by atoms with Crippen molar-refractivity contribution in [3.63, 3.8) is 0 Å². The van der Waals surface area contributed by atoms with Gasteiger partial charge < -0.3 is 14.8 Å². The van der Waals surface area contributed by atoms with E-state index in [4.69, 9.17) is 38.1 Å². The molecule has 0 bridgehead atoms. The van der Waals surface area contributed by atoms with E-state index in [1.807, 2.05) is 24.3 Å². The number of methoxy groups -OCH3 is 2. The van der Waals surface area contributed by atoms with Crippen molar-refractivity contribution in [2.75, 3.05) is 19.5 Å². The molecule has 0 unspecified atom stereocenters. The molecule has 5 rings (SSSR count). The van der Waals surface area contributed by atoms with Crippen LogP contribution in [0.2, 0.25) is 10.0 Å². The van der Waals surface area contributed by atoms with E-state index in [0.29, 0.717) is 22.6 Å². The van der Waals surface area contributed by atoms with Gasteiger partial charge in [-0.3, -0.25) is 10.4 Å². The molecule has 2 aromatic carbocycles. The number of aromatic nitrogens is 6. The Morgan fingerprint density at radius 3 is 2.41 bits per heavy atom. The Balaban J connectivity index is 1.46. The van der Waals surface area contributed by atoms with Crippen LogP contribution in [0.15, 0.2) is 59.5 Å². The highest BCUT2D eigenvalue weighted by Crippen LogP contribution is 2.27. The highest BCUT2D eigenvalue weighted by Gasteiger charge is 2.15. The van der Waals surface area contributed by atoms with Gasteiger partial charge in [-0.1, -0.05) is 41.4 Å². The van der Waals surface area contributed by atoms with Crippen LogP contribution in [-0.4, -0.2) is 43.7 Å². The fraction of sp³-hybridized carbons (Fsp3) is 0.0833. The fourth-order valence-electron chi connectivity index (χ4n) is 3.61. The molecular formula is C24H18Cl2N8O3. The van der Waals surface area contributed by atoms with Crippen LogP contribution in [0.1, 0.15) is 0 Å². The highest BCUT2D eigenvalue weighted by atomic mass is 35.5. The number of nitrogens with zero attached hydrogens (tertiary/aromatic N) is 5. The van der Waals surface area contributed by atoms with Crippen LogP contribution in [0.4, 0.5) is 11.6 Å². The molecule has 0 aliphatic rings. The Morgan fingerprint density at radius 1 is 1.00 bits per heavy atom. The summed E-state index contributed by atoms with van der Waals surface area (Å²) in [5.41, 5.74) is 1.76. The Morgan fingerprint density at radius 2 is 1.73 bits per heavy atom. The van der Waals surface area contributed by atoms with Gasteiger partial charge in [0.1, 0.15) is 5.49 Å². The minimum absolute atomic E-state index is 0.152. The van der Waals surface area contributed by atoms with Crippen LogP contribution in [0.5, 0.6) is 11.9 Å². The van der Waals surface area contributed by atoms with Crippen LogP contribution < -0.4 is 26.0 Å². The van der Waals surface area contributed by atoms with Gasteiger partial charge in [-0.15, -0.1) is 0 Å². The van der Waals surface area contributed by atoms with Gasteiger partial charge in [0.25, 0.3) is 0 Å². The van der Waals surface area contributed by atoms with Crippen molar-refractivity contribution >= 4 is 45.9 Å². The third-order valence-corrected chi connectivity index (χ3v) is 5.98. The molecule has 3 aromatic heterocycles. The highest BCUT2D eigenvalue weighted by molar-refractivity contribution is 6.37. The molecule has 0 saturated heterocycles. The zero-order valence-corrected chi connectivity index (χ0v) is 20.9. The first kappa shape index (κ1) is 24.2. The molecule has 5 aromatic rings. The summed E-state index contributed by atoms with van der Waals surface area (Å²) in [4.78, 5) is 32.6. The summed E-state index contributed by atoms with van der Waals surface area (Å²) >= 11 is 12.5. The summed E-state index contributed by atoms with van der Waals surface area (Å²) in [6, 6.07) is 14.1. The predicted octanol–water partition coefficient (Wildman–Crippen LogP) is 4.11. The lowest BCUT2D eigenvalue weighted by Crippen LogP contribution is -2.34.